The van der Waals surface area contributed by atoms with Crippen LogP contribution in [0.4, 0.5) is 5.69 Å². The number of nitrogens with zero attached hydrogens (tertiary/aromatic N) is 1. The Morgan fingerprint density at radius 2 is 2.08 bits per heavy atom. The standard InChI is InChI=1S/C8H9N3O/c9-8(12)6-10-11-7-4-2-1-3-5-7/h1-6,11H,(H2,9,12)/b10-6+. The van der Waals surface area contributed by atoms with Gasteiger partial charge in [0.05, 0.1) is 5.69 Å². The number of amides is 1. The second-order valence-electron chi connectivity index (χ2n) is 2.14. The number of hydrogen-bond donors (Lipinski definition) is 2. The van der Waals surface area contributed by atoms with Crippen LogP contribution in [0.3, 0.4) is 0 Å². The molecule has 0 aliphatic carbocycles. The Morgan fingerprint density at radius 1 is 1.42 bits per heavy atom. The Bertz CT molecular complexity index is 282. The zero-order chi connectivity index (χ0) is 8.81. The van der Waals surface area contributed by atoms with Crippen molar-refractivity contribution < 1.29 is 4.79 Å². The molecule has 0 bridgehead atoms. The van der Waals surface area contributed by atoms with E-state index in [0.717, 1.165) is 11.9 Å². The molecule has 12 heavy (non-hydrogen) atoms. The maximum Gasteiger partial charge on any atom is 0.261 e. The lowest BCUT2D eigenvalue weighted by molar-refractivity contribution is -0.111. The van der Waals surface area contributed by atoms with E-state index in [4.69, 9.17) is 5.73 Å². The number of primary amides is 1. The molecule has 0 spiro atoms. The van der Waals surface area contributed by atoms with Crippen molar-refractivity contribution in [2.75, 3.05) is 5.43 Å². The Kier molecular flexibility index (Phi) is 2.84. The van der Waals surface area contributed by atoms with Crippen LogP contribution in [0, 0.1) is 0 Å². The number of anilines is 1. The van der Waals surface area contributed by atoms with Crippen molar-refractivity contribution in [3.8, 4) is 0 Å². The number of hydrazone groups is 1. The van der Waals surface area contributed by atoms with Gasteiger partial charge < -0.3 is 5.73 Å². The molecule has 0 saturated carbocycles. The quantitative estimate of drug-likeness (QED) is 0.505. The lowest BCUT2D eigenvalue weighted by atomic mass is 10.3. The summed E-state index contributed by atoms with van der Waals surface area (Å²) in [6.07, 6.45) is 1.02. The second-order valence-corrected chi connectivity index (χ2v) is 2.14. The fourth-order valence-corrected chi connectivity index (χ4v) is 0.683. The summed E-state index contributed by atoms with van der Waals surface area (Å²) in [5.74, 6) is -0.571. The van der Waals surface area contributed by atoms with Crippen LogP contribution in [-0.4, -0.2) is 12.1 Å². The number of benzene rings is 1. The number of carbonyl (C=O) groups is 1. The van der Waals surface area contributed by atoms with E-state index in [1.165, 1.54) is 0 Å². The first-order valence-corrected chi connectivity index (χ1v) is 3.42. The second kappa shape index (κ2) is 4.12. The SMILES string of the molecule is NC(=O)/C=N/Nc1ccccc1. The van der Waals surface area contributed by atoms with Crippen molar-refractivity contribution in [2.24, 2.45) is 10.8 Å². The Balaban J connectivity index is 2.49. The molecule has 1 aromatic carbocycles. The summed E-state index contributed by atoms with van der Waals surface area (Å²) in [4.78, 5) is 10.2. The first kappa shape index (κ1) is 8.26. The average molecular weight is 163 g/mol. The van der Waals surface area contributed by atoms with E-state index in [-0.39, 0.29) is 0 Å². The molecule has 0 unspecified atom stereocenters. The first-order valence-electron chi connectivity index (χ1n) is 3.42. The summed E-state index contributed by atoms with van der Waals surface area (Å²) >= 11 is 0. The minimum absolute atomic E-state index is 0.571. The Hall–Kier alpha value is -1.84. The predicted octanol–water partition coefficient (Wildman–Crippen LogP) is 0.570. The molecule has 0 aromatic heterocycles. The van der Waals surface area contributed by atoms with E-state index in [0.29, 0.717) is 0 Å². The minimum atomic E-state index is -0.571. The van der Waals surface area contributed by atoms with Gasteiger partial charge in [-0.3, -0.25) is 10.2 Å². The minimum Gasteiger partial charge on any atom is -0.365 e. The molecule has 1 aromatic rings. The van der Waals surface area contributed by atoms with Crippen LogP contribution in [0.25, 0.3) is 0 Å². The van der Waals surface area contributed by atoms with Gasteiger partial charge in [0.2, 0.25) is 0 Å². The summed E-state index contributed by atoms with van der Waals surface area (Å²) < 4.78 is 0. The molecular weight excluding hydrogens is 154 g/mol. The van der Waals surface area contributed by atoms with Crippen molar-refractivity contribution >= 4 is 17.8 Å². The third-order valence-electron chi connectivity index (χ3n) is 1.16. The van der Waals surface area contributed by atoms with Crippen LogP contribution in [-0.2, 0) is 4.79 Å². The largest absolute Gasteiger partial charge is 0.365 e. The van der Waals surface area contributed by atoms with Gasteiger partial charge in [-0.05, 0) is 12.1 Å². The highest BCUT2D eigenvalue weighted by molar-refractivity contribution is 6.25. The normalized spacial score (nSPS) is 10.0. The van der Waals surface area contributed by atoms with Crippen molar-refractivity contribution in [3.63, 3.8) is 0 Å². The summed E-state index contributed by atoms with van der Waals surface area (Å²) in [5.41, 5.74) is 8.29. The zero-order valence-corrected chi connectivity index (χ0v) is 6.40. The molecule has 3 N–H and O–H groups in total. The zero-order valence-electron chi connectivity index (χ0n) is 6.40. The first-order chi connectivity index (χ1) is 5.79. The monoisotopic (exact) mass is 163 g/mol. The number of hydrogen-bond acceptors (Lipinski definition) is 3. The van der Waals surface area contributed by atoms with Crippen LogP contribution in [0.5, 0.6) is 0 Å². The fraction of sp³-hybridized carbons (Fsp3) is 0. The van der Waals surface area contributed by atoms with E-state index in [2.05, 4.69) is 10.5 Å². The van der Waals surface area contributed by atoms with Crippen LogP contribution < -0.4 is 11.2 Å². The van der Waals surface area contributed by atoms with E-state index >= 15 is 0 Å². The smallest absolute Gasteiger partial charge is 0.261 e. The van der Waals surface area contributed by atoms with Crippen LogP contribution >= 0.6 is 0 Å². The highest BCUT2D eigenvalue weighted by atomic mass is 16.1. The van der Waals surface area contributed by atoms with Gasteiger partial charge in [-0.25, -0.2) is 0 Å². The van der Waals surface area contributed by atoms with E-state index in [1.54, 1.807) is 0 Å². The lowest BCUT2D eigenvalue weighted by Crippen LogP contribution is -2.12. The maximum atomic E-state index is 10.2. The molecule has 4 nitrogen and oxygen atoms in total. The number of para-hydroxylation sites is 1. The van der Waals surface area contributed by atoms with Crippen molar-refractivity contribution in [1.82, 2.24) is 0 Å². The molecule has 4 heteroatoms. The van der Waals surface area contributed by atoms with Crippen molar-refractivity contribution in [2.45, 2.75) is 0 Å². The molecule has 62 valence electrons. The Labute approximate surface area is 70.1 Å². The van der Waals surface area contributed by atoms with Gasteiger partial charge in [0.15, 0.2) is 0 Å². The van der Waals surface area contributed by atoms with Gasteiger partial charge in [0, 0.05) is 0 Å². The van der Waals surface area contributed by atoms with Crippen LogP contribution in [0.15, 0.2) is 35.4 Å². The average Bonchev–Trinajstić information content (AvgIpc) is 2.05. The van der Waals surface area contributed by atoms with Gasteiger partial charge in [-0.2, -0.15) is 5.10 Å². The molecule has 0 saturated heterocycles. The summed E-state index contributed by atoms with van der Waals surface area (Å²) in [6.45, 7) is 0. The van der Waals surface area contributed by atoms with Crippen molar-refractivity contribution in [3.05, 3.63) is 30.3 Å². The van der Waals surface area contributed by atoms with Gasteiger partial charge in [-0.1, -0.05) is 18.2 Å². The molecule has 1 amide bonds. The number of nitrogens with one attached hydrogen (secondary N) is 1. The molecule has 0 fully saturated rings. The highest BCUT2D eigenvalue weighted by Crippen LogP contribution is 2.03. The molecule has 0 aliphatic heterocycles. The number of nitrogens with two attached hydrogens (primary N) is 1. The number of carbonyl (C=O) groups excluding carboxylic acids is 1. The van der Waals surface area contributed by atoms with Gasteiger partial charge in [0.25, 0.3) is 5.91 Å². The van der Waals surface area contributed by atoms with E-state index in [9.17, 15) is 4.79 Å². The summed E-state index contributed by atoms with van der Waals surface area (Å²) in [6, 6.07) is 9.28. The predicted molar refractivity (Wildman–Crippen MR) is 47.8 cm³/mol. The third kappa shape index (κ3) is 2.83. The molecule has 0 aliphatic rings. The number of rotatable bonds is 3. The van der Waals surface area contributed by atoms with Crippen LogP contribution in [0.1, 0.15) is 0 Å². The molecule has 1 rings (SSSR count). The van der Waals surface area contributed by atoms with Gasteiger partial charge >= 0.3 is 0 Å². The highest BCUT2D eigenvalue weighted by Gasteiger charge is 1.85. The summed E-state index contributed by atoms with van der Waals surface area (Å²) in [7, 11) is 0. The Morgan fingerprint density at radius 3 is 2.67 bits per heavy atom. The summed E-state index contributed by atoms with van der Waals surface area (Å²) in [5, 5.41) is 3.59. The van der Waals surface area contributed by atoms with Gasteiger partial charge in [0.1, 0.15) is 6.21 Å². The van der Waals surface area contributed by atoms with E-state index < -0.39 is 5.91 Å². The third-order valence-corrected chi connectivity index (χ3v) is 1.16. The topological polar surface area (TPSA) is 67.5 Å². The molecule has 0 atom stereocenters. The van der Waals surface area contributed by atoms with Crippen LogP contribution in [0.2, 0.25) is 0 Å². The van der Waals surface area contributed by atoms with E-state index in [1.807, 2.05) is 30.3 Å². The molecule has 0 radical (unpaired) electrons. The molecular formula is C8H9N3O. The fourth-order valence-electron chi connectivity index (χ4n) is 0.683. The van der Waals surface area contributed by atoms with Gasteiger partial charge in [-0.15, -0.1) is 0 Å². The van der Waals surface area contributed by atoms with Crippen molar-refractivity contribution in [1.29, 1.82) is 0 Å². The maximum absolute atomic E-state index is 10.2. The lowest BCUT2D eigenvalue weighted by Gasteiger charge is -1.96. The molecule has 0 heterocycles.